The molecule has 21 nitrogen and oxygen atoms in total. The Morgan fingerprint density at radius 2 is 0.785 bits per heavy atom. The standard InChI is InChI=1S/C56H46F2N10O11/c1-77-37-7-3-5-33(21-37)27-61-53(71)43-23-41(63-29-65-43)51(69)59-25-31-9-13-35(14-10-31)47-39(57)17-19-45(49(47)67-55(73)74)79-46-20-18-40(58)48(50(46)68-56(75)76)36-15-11-32(12-16-36)26-60-52(70)42-24-44(66-30-64-42)54(72)62-28-34-6-4-8-38(22-34)78-2/h3-24,29-30,67-68H,25-28H2,1-2H3,(H,59,69)(H,60,70)(H,61,71)(H,62,72)(H,73,74)(H,75,76). The van der Waals surface area contributed by atoms with Crippen LogP contribution in [-0.4, -0.2) is 80.2 Å². The number of aromatic nitrogens is 4. The van der Waals surface area contributed by atoms with E-state index in [0.717, 1.165) is 48.0 Å². The van der Waals surface area contributed by atoms with Crippen LogP contribution in [0.4, 0.5) is 29.7 Å². The third-order valence-electron chi connectivity index (χ3n) is 11.7. The van der Waals surface area contributed by atoms with E-state index in [1.165, 1.54) is 50.6 Å². The van der Waals surface area contributed by atoms with Gasteiger partial charge in [-0.2, -0.15) is 0 Å². The summed E-state index contributed by atoms with van der Waals surface area (Å²) in [4.78, 5) is 92.3. The van der Waals surface area contributed by atoms with E-state index in [2.05, 4.69) is 51.8 Å². The van der Waals surface area contributed by atoms with Gasteiger partial charge >= 0.3 is 12.2 Å². The largest absolute Gasteiger partial charge is 0.497 e. The number of nitrogens with one attached hydrogen (secondary N) is 6. The Morgan fingerprint density at radius 3 is 1.11 bits per heavy atom. The van der Waals surface area contributed by atoms with Gasteiger partial charge in [0.15, 0.2) is 11.5 Å². The Bertz CT molecular complexity index is 3370. The highest BCUT2D eigenvalue weighted by molar-refractivity contribution is 5.99. The zero-order chi connectivity index (χ0) is 56.0. The molecule has 8 N–H and O–H groups in total. The molecule has 400 valence electrons. The summed E-state index contributed by atoms with van der Waals surface area (Å²) in [5.41, 5.74) is 1.37. The number of benzene rings is 6. The van der Waals surface area contributed by atoms with Gasteiger partial charge in [0.1, 0.15) is 58.6 Å². The van der Waals surface area contributed by atoms with Crippen LogP contribution in [0, 0.1) is 11.6 Å². The lowest BCUT2D eigenvalue weighted by Crippen LogP contribution is -2.27. The summed E-state index contributed by atoms with van der Waals surface area (Å²) in [5, 5.41) is 35.0. The van der Waals surface area contributed by atoms with Crippen LogP contribution in [0.1, 0.15) is 64.2 Å². The van der Waals surface area contributed by atoms with Crippen LogP contribution >= 0.6 is 0 Å². The fourth-order valence-corrected chi connectivity index (χ4v) is 7.88. The molecule has 0 bridgehead atoms. The van der Waals surface area contributed by atoms with E-state index in [1.807, 2.05) is 12.1 Å². The molecule has 0 spiro atoms. The van der Waals surface area contributed by atoms with E-state index in [-0.39, 0.29) is 94.1 Å². The highest BCUT2D eigenvalue weighted by atomic mass is 19.1. The van der Waals surface area contributed by atoms with Gasteiger partial charge < -0.3 is 45.7 Å². The molecular weight excluding hydrogens is 1030 g/mol. The number of carbonyl (C=O) groups excluding carboxylic acids is 4. The SMILES string of the molecule is COc1cccc(CNC(=O)c2cc(C(=O)NCc3ccc(-c4c(F)ccc(Oc5ccc(F)c(-c6ccc(CNC(=O)c7cc(C(=O)NCc8cccc(OC)c8)ncn7)cc6)c5NC(=O)O)c4NC(=O)O)cc3)ncn2)c1. The number of nitrogens with zero attached hydrogens (tertiary/aromatic N) is 4. The minimum Gasteiger partial charge on any atom is -0.497 e. The predicted octanol–water partition coefficient (Wildman–Crippen LogP) is 8.59. The molecule has 0 unspecified atom stereocenters. The molecule has 0 atom stereocenters. The van der Waals surface area contributed by atoms with Gasteiger partial charge in [-0.25, -0.2) is 38.3 Å². The molecule has 0 fully saturated rings. The van der Waals surface area contributed by atoms with Crippen LogP contribution < -0.4 is 46.1 Å². The number of rotatable bonds is 20. The van der Waals surface area contributed by atoms with Crippen molar-refractivity contribution in [3.8, 4) is 45.3 Å². The number of methoxy groups -OCH3 is 2. The molecule has 0 saturated carbocycles. The molecule has 23 heteroatoms. The van der Waals surface area contributed by atoms with E-state index in [0.29, 0.717) is 22.6 Å². The summed E-state index contributed by atoms with van der Waals surface area (Å²) < 4.78 is 48.3. The predicted molar refractivity (Wildman–Crippen MR) is 282 cm³/mol. The Hall–Kier alpha value is -10.8. The normalized spacial score (nSPS) is 10.6. The molecule has 2 aromatic heterocycles. The molecule has 0 aliphatic heterocycles. The van der Waals surface area contributed by atoms with Gasteiger partial charge in [-0.05, 0) is 81.9 Å². The van der Waals surface area contributed by atoms with Gasteiger partial charge in [0, 0.05) is 49.4 Å². The van der Waals surface area contributed by atoms with Crippen molar-refractivity contribution in [3.05, 3.63) is 203 Å². The molecule has 0 aliphatic carbocycles. The average Bonchev–Trinajstić information content (AvgIpc) is 3.58. The van der Waals surface area contributed by atoms with Crippen molar-refractivity contribution >= 4 is 47.2 Å². The van der Waals surface area contributed by atoms with Gasteiger partial charge in [0.2, 0.25) is 0 Å². The molecule has 2 heterocycles. The van der Waals surface area contributed by atoms with Crippen LogP contribution in [-0.2, 0) is 26.2 Å². The number of halogens is 2. The van der Waals surface area contributed by atoms with Gasteiger partial charge in [-0.15, -0.1) is 0 Å². The maximum Gasteiger partial charge on any atom is 0.409 e. The van der Waals surface area contributed by atoms with E-state index < -0.39 is 47.4 Å². The number of carbonyl (C=O) groups is 6. The Labute approximate surface area is 448 Å². The van der Waals surface area contributed by atoms with Crippen LogP contribution in [0.5, 0.6) is 23.0 Å². The smallest absolute Gasteiger partial charge is 0.409 e. The van der Waals surface area contributed by atoms with Crippen molar-refractivity contribution in [1.82, 2.24) is 41.2 Å². The summed E-state index contributed by atoms with van der Waals surface area (Å²) in [7, 11) is 3.06. The van der Waals surface area contributed by atoms with E-state index in [1.54, 1.807) is 60.7 Å². The van der Waals surface area contributed by atoms with Crippen LogP contribution in [0.25, 0.3) is 22.3 Å². The highest BCUT2D eigenvalue weighted by Crippen LogP contribution is 2.45. The van der Waals surface area contributed by atoms with E-state index in [4.69, 9.17) is 14.2 Å². The fourth-order valence-electron chi connectivity index (χ4n) is 7.88. The Morgan fingerprint density at radius 1 is 0.443 bits per heavy atom. The highest BCUT2D eigenvalue weighted by Gasteiger charge is 2.24. The van der Waals surface area contributed by atoms with Crippen LogP contribution in [0.2, 0.25) is 0 Å². The lowest BCUT2D eigenvalue weighted by molar-refractivity contribution is 0.0928. The summed E-state index contributed by atoms with van der Waals surface area (Å²) in [6.45, 7) is 0.260. The average molecular weight is 1070 g/mol. The summed E-state index contributed by atoms with van der Waals surface area (Å²) in [6, 6.07) is 33.0. The maximum atomic E-state index is 15.9. The maximum absolute atomic E-state index is 15.9. The van der Waals surface area contributed by atoms with Crippen molar-refractivity contribution < 1.29 is 62.0 Å². The number of carboxylic acid groups (broad SMARTS) is 2. The minimum absolute atomic E-state index is 0.0427. The summed E-state index contributed by atoms with van der Waals surface area (Å²) in [5.74, 6) is -3.45. The van der Waals surface area contributed by atoms with Gasteiger partial charge in [-0.3, -0.25) is 29.8 Å². The Balaban J connectivity index is 0.943. The first-order chi connectivity index (χ1) is 38.2. The van der Waals surface area contributed by atoms with E-state index in [9.17, 15) is 39.0 Å². The number of amides is 6. The first kappa shape index (κ1) is 54.4. The number of hydrogen-bond acceptors (Lipinski definition) is 13. The van der Waals surface area contributed by atoms with Crippen molar-refractivity contribution in [2.45, 2.75) is 26.2 Å². The quantitative estimate of drug-likeness (QED) is 0.0354. The van der Waals surface area contributed by atoms with Gasteiger partial charge in [0.05, 0.1) is 25.6 Å². The topological polar surface area (TPSA) is 294 Å². The molecule has 8 aromatic rings. The molecule has 8 rings (SSSR count). The third-order valence-corrected chi connectivity index (χ3v) is 11.7. The third kappa shape index (κ3) is 13.9. The second-order valence-corrected chi connectivity index (χ2v) is 17.0. The zero-order valence-electron chi connectivity index (χ0n) is 41.8. The monoisotopic (exact) mass is 1070 g/mol. The second-order valence-electron chi connectivity index (χ2n) is 17.0. The first-order valence-electron chi connectivity index (χ1n) is 23.7. The molecule has 6 amide bonds. The summed E-state index contributed by atoms with van der Waals surface area (Å²) >= 11 is 0. The van der Waals surface area contributed by atoms with E-state index >= 15 is 8.78 Å². The Kier molecular flexibility index (Phi) is 17.3. The molecule has 0 aliphatic rings. The van der Waals surface area contributed by atoms with Crippen LogP contribution in [0.15, 0.2) is 146 Å². The number of ether oxygens (including phenoxy) is 3. The molecule has 0 saturated heterocycles. The molecular formula is C56H46F2N10O11. The van der Waals surface area contributed by atoms with Crippen LogP contribution in [0.3, 0.4) is 0 Å². The first-order valence-corrected chi connectivity index (χ1v) is 23.7. The summed E-state index contributed by atoms with van der Waals surface area (Å²) in [6.07, 6.45) is -1.05. The lowest BCUT2D eigenvalue weighted by atomic mass is 10.00. The van der Waals surface area contributed by atoms with Crippen molar-refractivity contribution in [2.75, 3.05) is 24.9 Å². The van der Waals surface area contributed by atoms with Crippen molar-refractivity contribution in [1.29, 1.82) is 0 Å². The number of hydrogen-bond donors (Lipinski definition) is 8. The lowest BCUT2D eigenvalue weighted by Gasteiger charge is -2.20. The van der Waals surface area contributed by atoms with Gasteiger partial charge in [0.25, 0.3) is 23.6 Å². The molecule has 79 heavy (non-hydrogen) atoms. The van der Waals surface area contributed by atoms with Gasteiger partial charge in [-0.1, -0.05) is 72.8 Å². The van der Waals surface area contributed by atoms with Crippen molar-refractivity contribution in [3.63, 3.8) is 0 Å². The molecule has 0 radical (unpaired) electrons. The van der Waals surface area contributed by atoms with Crippen molar-refractivity contribution in [2.24, 2.45) is 0 Å². The second kappa shape index (κ2) is 25.1. The minimum atomic E-state index is -1.61. The number of anilines is 2. The molecule has 6 aromatic carbocycles. The zero-order valence-corrected chi connectivity index (χ0v) is 41.8. The fraction of sp³-hybridized carbons (Fsp3) is 0.107.